The zero-order chi connectivity index (χ0) is 33.3. The van der Waals surface area contributed by atoms with Crippen LogP contribution in [0, 0.1) is 0 Å². The monoisotopic (exact) mass is 669 g/mol. The van der Waals surface area contributed by atoms with Crippen molar-refractivity contribution in [3.8, 4) is 5.69 Å². The number of rotatable bonds is 8. The summed E-state index contributed by atoms with van der Waals surface area (Å²) >= 11 is 6.57. The van der Waals surface area contributed by atoms with Crippen LogP contribution >= 0.6 is 11.6 Å². The summed E-state index contributed by atoms with van der Waals surface area (Å²) in [6, 6.07) is 16.4. The normalized spacial score (nSPS) is 18.9. The number of piperidine rings is 1. The van der Waals surface area contributed by atoms with Crippen molar-refractivity contribution in [1.82, 2.24) is 23.9 Å². The van der Waals surface area contributed by atoms with Crippen molar-refractivity contribution >= 4 is 34.6 Å². The number of morpholine rings is 1. The van der Waals surface area contributed by atoms with Gasteiger partial charge in [-0.15, -0.1) is 0 Å². The number of nitrogens with zero attached hydrogens (tertiary/aromatic N) is 5. The van der Waals surface area contributed by atoms with Crippen LogP contribution in [0.25, 0.3) is 16.7 Å². The molecule has 2 saturated heterocycles. The van der Waals surface area contributed by atoms with Gasteiger partial charge in [-0.2, -0.15) is 0 Å². The molecule has 2 aliphatic rings. The minimum atomic E-state index is -2.69. The molecule has 6 rings (SSSR count). The fourth-order valence-electron chi connectivity index (χ4n) is 6.42. The van der Waals surface area contributed by atoms with Gasteiger partial charge in [0.15, 0.2) is 5.65 Å². The lowest BCUT2D eigenvalue weighted by Crippen LogP contribution is -2.50. The second kappa shape index (κ2) is 13.4. The molecule has 2 amide bonds. The molecular formula is C33H34ClF2N5O6. The summed E-state index contributed by atoms with van der Waals surface area (Å²) in [6.07, 6.45) is -2.38. The number of ether oxygens (including phenoxy) is 1. The predicted octanol–water partition coefficient (Wildman–Crippen LogP) is 4.68. The van der Waals surface area contributed by atoms with Crippen molar-refractivity contribution < 1.29 is 33.3 Å². The maximum atomic E-state index is 13.8. The topological polar surface area (TPSA) is 130 Å². The third-order valence-corrected chi connectivity index (χ3v) is 9.37. The molecule has 248 valence electrons. The van der Waals surface area contributed by atoms with E-state index in [4.69, 9.17) is 16.3 Å². The summed E-state index contributed by atoms with van der Waals surface area (Å²) in [5, 5.41) is 21.4. The highest BCUT2D eigenvalue weighted by Crippen LogP contribution is 2.31. The van der Waals surface area contributed by atoms with Crippen molar-refractivity contribution in [3.63, 3.8) is 0 Å². The first-order valence-corrected chi connectivity index (χ1v) is 15.7. The lowest BCUT2D eigenvalue weighted by Gasteiger charge is -2.38. The molecule has 0 spiro atoms. The molecule has 0 aliphatic carbocycles. The number of carbonyl (C=O) groups excluding carboxylic acids is 1. The molecular weight excluding hydrogens is 636 g/mol. The highest BCUT2D eigenvalue weighted by atomic mass is 35.5. The van der Waals surface area contributed by atoms with Crippen LogP contribution < -0.4 is 5.56 Å². The number of alkyl halides is 2. The van der Waals surface area contributed by atoms with Crippen molar-refractivity contribution in [2.75, 3.05) is 32.8 Å². The second-order valence-electron chi connectivity index (χ2n) is 12.0. The third kappa shape index (κ3) is 6.74. The van der Waals surface area contributed by atoms with Crippen molar-refractivity contribution in [1.29, 1.82) is 0 Å². The Bertz CT molecular complexity index is 1810. The molecule has 2 fully saturated rings. The Morgan fingerprint density at radius 1 is 1.06 bits per heavy atom. The zero-order valence-electron chi connectivity index (χ0n) is 25.3. The van der Waals surface area contributed by atoms with Crippen molar-refractivity contribution in [2.24, 2.45) is 0 Å². The van der Waals surface area contributed by atoms with E-state index in [9.17, 15) is 33.4 Å². The molecule has 4 aromatic rings. The van der Waals surface area contributed by atoms with Gasteiger partial charge < -0.3 is 19.8 Å². The zero-order valence-corrected chi connectivity index (χ0v) is 26.1. The number of halogens is 3. The Kier molecular flexibility index (Phi) is 9.31. The average molecular weight is 670 g/mol. The van der Waals surface area contributed by atoms with E-state index in [1.165, 1.54) is 26.8 Å². The largest absolute Gasteiger partial charge is 0.465 e. The van der Waals surface area contributed by atoms with Crippen molar-refractivity contribution in [3.05, 3.63) is 93.6 Å². The van der Waals surface area contributed by atoms with E-state index in [2.05, 4.69) is 4.98 Å². The van der Waals surface area contributed by atoms with E-state index < -0.39 is 41.5 Å². The summed E-state index contributed by atoms with van der Waals surface area (Å²) in [4.78, 5) is 45.5. The summed E-state index contributed by atoms with van der Waals surface area (Å²) in [7, 11) is 0. The lowest BCUT2D eigenvalue weighted by atomic mass is 9.90. The van der Waals surface area contributed by atoms with Crippen LogP contribution in [0.4, 0.5) is 13.6 Å². The van der Waals surface area contributed by atoms with Gasteiger partial charge >= 0.3 is 6.09 Å². The van der Waals surface area contributed by atoms with Gasteiger partial charge in [0.05, 0.1) is 42.7 Å². The number of amides is 2. The van der Waals surface area contributed by atoms with Crippen molar-refractivity contribution in [2.45, 2.75) is 49.8 Å². The minimum absolute atomic E-state index is 0.0679. The van der Waals surface area contributed by atoms with E-state index >= 15 is 0 Å². The van der Waals surface area contributed by atoms with Crippen LogP contribution in [0.15, 0.2) is 71.8 Å². The van der Waals surface area contributed by atoms with Crippen LogP contribution in [0.2, 0.25) is 5.15 Å². The summed E-state index contributed by atoms with van der Waals surface area (Å²) in [5.74, 6) is -1.62. The van der Waals surface area contributed by atoms with Gasteiger partial charge in [0.2, 0.25) is 12.3 Å². The Hall–Kier alpha value is -4.33. The number of benzene rings is 2. The molecule has 2 aromatic heterocycles. The summed E-state index contributed by atoms with van der Waals surface area (Å²) < 4.78 is 36.0. The second-order valence-corrected chi connectivity index (χ2v) is 12.4. The first kappa shape index (κ1) is 32.6. The molecule has 2 N–H and O–H groups in total. The van der Waals surface area contributed by atoms with Gasteiger partial charge in [0, 0.05) is 31.7 Å². The Morgan fingerprint density at radius 2 is 1.77 bits per heavy atom. The number of fused-ring (bicyclic) bond motifs is 1. The minimum Gasteiger partial charge on any atom is -0.465 e. The highest BCUT2D eigenvalue weighted by molar-refractivity contribution is 6.31. The molecule has 2 aromatic carbocycles. The van der Waals surface area contributed by atoms with E-state index in [0.29, 0.717) is 23.5 Å². The van der Waals surface area contributed by atoms with Gasteiger partial charge in [-0.1, -0.05) is 54.1 Å². The predicted molar refractivity (Wildman–Crippen MR) is 169 cm³/mol. The first-order valence-electron chi connectivity index (χ1n) is 15.3. The number of likely N-dealkylation sites (tertiary alicyclic amines) is 1. The number of aliphatic hydroxyl groups is 1. The molecule has 14 heteroatoms. The number of aromatic nitrogens is 3. The Balaban J connectivity index is 1.14. The molecule has 47 heavy (non-hydrogen) atoms. The maximum absolute atomic E-state index is 13.8. The first-order chi connectivity index (χ1) is 22.5. The highest BCUT2D eigenvalue weighted by Gasteiger charge is 2.36. The van der Waals surface area contributed by atoms with Gasteiger partial charge in [-0.25, -0.2) is 18.6 Å². The fourth-order valence-corrected chi connectivity index (χ4v) is 6.70. The molecule has 0 saturated carbocycles. The van der Waals surface area contributed by atoms with E-state index in [0.717, 1.165) is 5.56 Å². The molecule has 11 nitrogen and oxygen atoms in total. The lowest BCUT2D eigenvalue weighted by molar-refractivity contribution is -0.137. The average Bonchev–Trinajstić information content (AvgIpc) is 3.41. The molecule has 2 aliphatic heterocycles. The number of carbonyl (C=O) groups is 2. The summed E-state index contributed by atoms with van der Waals surface area (Å²) in [6.45, 7) is 1.12. The van der Waals surface area contributed by atoms with E-state index in [-0.39, 0.29) is 62.6 Å². The van der Waals surface area contributed by atoms with Gasteiger partial charge in [-0.3, -0.25) is 23.6 Å². The van der Waals surface area contributed by atoms with E-state index in [1.54, 1.807) is 59.2 Å². The molecule has 4 heterocycles. The SMILES string of the molecule is O=C(CC(c1ccccc1)C(F)F)N1CCC(O)(Cn2cnc3c(cc(Cl)n3-c3ccc([C@H]4COCCN4C(=O)O)cc3)c2=O)CC1. The van der Waals surface area contributed by atoms with E-state index in [1.807, 2.05) is 0 Å². The fraction of sp³-hybridized carbons (Fsp3) is 0.394. The number of carboxylic acid groups (broad SMARTS) is 1. The van der Waals surface area contributed by atoms with Crippen LogP contribution in [-0.2, 0) is 16.1 Å². The molecule has 0 radical (unpaired) electrons. The van der Waals surface area contributed by atoms with Gasteiger partial charge in [-0.05, 0) is 42.2 Å². The maximum Gasteiger partial charge on any atom is 0.407 e. The quantitative estimate of drug-likeness (QED) is 0.279. The smallest absolute Gasteiger partial charge is 0.407 e. The molecule has 1 unspecified atom stereocenters. The van der Waals surface area contributed by atoms with Crippen LogP contribution in [-0.4, -0.2) is 91.0 Å². The standard InChI is InChI=1S/C33H34ClF2N5O6/c34-27-16-25-30(41(27)23-8-6-22(7-9-23)26-18-47-15-14-40(26)32(44)45)37-20-39(31(25)43)19-33(46)10-12-38(13-11-33)28(42)17-24(29(35)36)21-4-2-1-3-5-21/h1-9,16,20,24,26,29,46H,10-15,17-19H2,(H,44,45)/t24?,26-/m1/s1. The van der Waals surface area contributed by atoms with Gasteiger partial charge in [0.1, 0.15) is 11.5 Å². The number of hydrogen-bond donors (Lipinski definition) is 2. The molecule has 0 bridgehead atoms. The van der Waals surface area contributed by atoms with Gasteiger partial charge in [0.25, 0.3) is 5.56 Å². The number of hydrogen-bond acceptors (Lipinski definition) is 6. The Morgan fingerprint density at radius 3 is 2.43 bits per heavy atom. The van der Waals surface area contributed by atoms with Crippen LogP contribution in [0.5, 0.6) is 0 Å². The van der Waals surface area contributed by atoms with Crippen LogP contribution in [0.1, 0.15) is 42.3 Å². The third-order valence-electron chi connectivity index (χ3n) is 9.09. The molecule has 2 atom stereocenters. The van der Waals surface area contributed by atoms with Crippen LogP contribution in [0.3, 0.4) is 0 Å². The summed E-state index contributed by atoms with van der Waals surface area (Å²) in [5.41, 5.74) is 0.375. The Labute approximate surface area is 273 Å².